The molecule has 0 aliphatic carbocycles. The van der Waals surface area contributed by atoms with Gasteiger partial charge in [-0.05, 0) is 24.5 Å². The highest BCUT2D eigenvalue weighted by atomic mass is 28.1. The van der Waals surface area contributed by atoms with Crippen molar-refractivity contribution < 1.29 is 8.78 Å². The first-order valence-corrected chi connectivity index (χ1v) is 5.60. The highest BCUT2D eigenvalue weighted by Crippen LogP contribution is 2.11. The van der Waals surface area contributed by atoms with Gasteiger partial charge in [-0.2, -0.15) is 0 Å². The van der Waals surface area contributed by atoms with E-state index in [4.69, 9.17) is 0 Å². The third-order valence-corrected chi connectivity index (χ3v) is 3.15. The van der Waals surface area contributed by atoms with Gasteiger partial charge in [0.2, 0.25) is 0 Å². The van der Waals surface area contributed by atoms with Gasteiger partial charge in [-0.3, -0.25) is 0 Å². The summed E-state index contributed by atoms with van der Waals surface area (Å²) in [5.74, 6) is -1.35. The Kier molecular flexibility index (Phi) is 3.60. The van der Waals surface area contributed by atoms with Crippen molar-refractivity contribution in [3.8, 4) is 0 Å². The van der Waals surface area contributed by atoms with Gasteiger partial charge in [-0.25, -0.2) is 8.78 Å². The lowest BCUT2D eigenvalue weighted by molar-refractivity contribution is 0.498. The molecule has 0 aliphatic heterocycles. The van der Waals surface area contributed by atoms with Crippen LogP contribution >= 0.6 is 0 Å². The van der Waals surface area contributed by atoms with Gasteiger partial charge >= 0.3 is 0 Å². The Morgan fingerprint density at radius 1 is 1.31 bits per heavy atom. The molecule has 1 aromatic carbocycles. The summed E-state index contributed by atoms with van der Waals surface area (Å²) >= 11 is 0. The maximum absolute atomic E-state index is 13.2. The third kappa shape index (κ3) is 2.37. The normalized spacial score (nSPS) is 10.7. The van der Waals surface area contributed by atoms with Crippen molar-refractivity contribution in [1.82, 2.24) is 0 Å². The fourth-order valence-electron chi connectivity index (χ4n) is 1.35. The van der Waals surface area contributed by atoms with Crippen LogP contribution < -0.4 is 5.19 Å². The number of hydrogen-bond acceptors (Lipinski definition) is 0. The predicted octanol–water partition coefficient (Wildman–Crippen LogP) is 1.30. The summed E-state index contributed by atoms with van der Waals surface area (Å²) in [6.45, 7) is 2.05. The van der Waals surface area contributed by atoms with Crippen LogP contribution in [0.15, 0.2) is 12.1 Å². The van der Waals surface area contributed by atoms with Gasteiger partial charge in [0.25, 0.3) is 0 Å². The molecule has 0 bridgehead atoms. The monoisotopic (exact) mass is 200 g/mol. The van der Waals surface area contributed by atoms with E-state index in [2.05, 4.69) is 0 Å². The predicted molar refractivity (Wildman–Crippen MR) is 54.5 cm³/mol. The van der Waals surface area contributed by atoms with E-state index >= 15 is 0 Å². The Labute approximate surface area is 80.4 Å². The molecule has 0 saturated carbocycles. The van der Waals surface area contributed by atoms with Gasteiger partial charge in [0.15, 0.2) is 11.6 Å². The molecular weight excluding hydrogens is 186 g/mol. The Balaban J connectivity index is 2.96. The van der Waals surface area contributed by atoms with Gasteiger partial charge in [-0.15, -0.1) is 0 Å². The number of unbranched alkanes of at least 4 members (excludes halogenated alkanes) is 1. The Morgan fingerprint density at radius 3 is 2.62 bits per heavy atom. The largest absolute Gasteiger partial charge is 0.204 e. The topological polar surface area (TPSA) is 0 Å². The first kappa shape index (κ1) is 10.4. The van der Waals surface area contributed by atoms with Crippen molar-refractivity contribution in [1.29, 1.82) is 0 Å². The van der Waals surface area contributed by atoms with Gasteiger partial charge < -0.3 is 0 Å². The van der Waals surface area contributed by atoms with E-state index in [0.717, 1.165) is 28.3 Å². The lowest BCUT2D eigenvalue weighted by Gasteiger charge is -2.06. The van der Waals surface area contributed by atoms with E-state index in [1.54, 1.807) is 6.07 Å². The first-order valence-electron chi connectivity index (χ1n) is 4.60. The van der Waals surface area contributed by atoms with Crippen LogP contribution in [0.2, 0.25) is 0 Å². The number of hydrogen-bond donors (Lipinski definition) is 0. The molecule has 0 N–H and O–H groups in total. The zero-order valence-electron chi connectivity index (χ0n) is 8.03. The minimum atomic E-state index is -0.717. The van der Waals surface area contributed by atoms with Crippen LogP contribution in [-0.4, -0.2) is 10.2 Å². The lowest BCUT2D eigenvalue weighted by Crippen LogP contribution is -2.14. The summed E-state index contributed by atoms with van der Waals surface area (Å²) < 4.78 is 26.1. The van der Waals surface area contributed by atoms with Crippen molar-refractivity contribution >= 4 is 15.4 Å². The van der Waals surface area contributed by atoms with Crippen LogP contribution in [0.5, 0.6) is 0 Å². The zero-order chi connectivity index (χ0) is 9.84. The average molecular weight is 200 g/mol. The second kappa shape index (κ2) is 4.51. The maximum atomic E-state index is 13.2. The molecule has 13 heavy (non-hydrogen) atoms. The van der Waals surface area contributed by atoms with Crippen LogP contribution in [0, 0.1) is 11.6 Å². The standard InChI is InChI=1S/C10H14F2Si/c1-2-3-4-7-9(13)6-5-8(11)10(7)12/h5-6H,2-4H2,1,13H3. The smallest absolute Gasteiger partial charge is 0.161 e. The van der Waals surface area contributed by atoms with Gasteiger partial charge in [0.1, 0.15) is 0 Å². The molecule has 0 nitrogen and oxygen atoms in total. The number of rotatable bonds is 3. The molecule has 0 spiro atoms. The van der Waals surface area contributed by atoms with Crippen molar-refractivity contribution in [3.05, 3.63) is 29.3 Å². The Hall–Kier alpha value is -0.703. The van der Waals surface area contributed by atoms with Crippen molar-refractivity contribution in [2.75, 3.05) is 0 Å². The van der Waals surface area contributed by atoms with Crippen molar-refractivity contribution in [2.24, 2.45) is 0 Å². The Bertz CT molecular complexity index is 297. The van der Waals surface area contributed by atoms with Crippen LogP contribution in [0.4, 0.5) is 8.78 Å². The second-order valence-electron chi connectivity index (χ2n) is 3.26. The fourth-order valence-corrected chi connectivity index (χ4v) is 1.99. The maximum Gasteiger partial charge on any atom is 0.161 e. The van der Waals surface area contributed by atoms with E-state index in [9.17, 15) is 8.78 Å². The number of benzene rings is 1. The molecule has 0 aliphatic rings. The minimum absolute atomic E-state index is 0.591. The molecule has 1 rings (SSSR count). The van der Waals surface area contributed by atoms with Crippen LogP contribution in [0.1, 0.15) is 25.3 Å². The molecular formula is C10H14F2Si. The molecule has 0 atom stereocenters. The summed E-state index contributed by atoms with van der Waals surface area (Å²) in [6, 6.07) is 2.91. The van der Waals surface area contributed by atoms with Crippen molar-refractivity contribution in [2.45, 2.75) is 26.2 Å². The second-order valence-corrected chi connectivity index (χ2v) is 4.34. The fraction of sp³-hybridized carbons (Fsp3) is 0.400. The van der Waals surface area contributed by atoms with Gasteiger partial charge in [-0.1, -0.05) is 24.6 Å². The minimum Gasteiger partial charge on any atom is -0.204 e. The lowest BCUT2D eigenvalue weighted by atomic mass is 10.1. The molecule has 0 amide bonds. The quantitative estimate of drug-likeness (QED) is 0.645. The van der Waals surface area contributed by atoms with Crippen LogP contribution in [0.3, 0.4) is 0 Å². The van der Waals surface area contributed by atoms with Crippen molar-refractivity contribution in [3.63, 3.8) is 0 Å². The zero-order valence-corrected chi connectivity index (χ0v) is 10.0. The molecule has 0 saturated heterocycles. The highest BCUT2D eigenvalue weighted by Gasteiger charge is 2.09. The molecule has 0 fully saturated rings. The molecule has 1 aromatic rings. The van der Waals surface area contributed by atoms with Gasteiger partial charge in [0.05, 0.1) is 0 Å². The van der Waals surface area contributed by atoms with E-state index < -0.39 is 11.6 Å². The molecule has 0 aromatic heterocycles. The SMILES string of the molecule is CCCCc1c([SiH3])ccc(F)c1F. The van der Waals surface area contributed by atoms with E-state index in [-0.39, 0.29) is 0 Å². The third-order valence-electron chi connectivity index (χ3n) is 2.21. The van der Waals surface area contributed by atoms with E-state index in [1.165, 1.54) is 6.07 Å². The molecule has 0 radical (unpaired) electrons. The highest BCUT2D eigenvalue weighted by molar-refractivity contribution is 6.33. The summed E-state index contributed by atoms with van der Waals surface area (Å²) in [7, 11) is 0.782. The Morgan fingerprint density at radius 2 is 2.00 bits per heavy atom. The molecule has 0 heterocycles. The first-order chi connectivity index (χ1) is 6.16. The molecule has 3 heteroatoms. The van der Waals surface area contributed by atoms with E-state index in [1.807, 2.05) is 6.92 Å². The summed E-state index contributed by atoms with van der Waals surface area (Å²) in [5, 5.41) is 0.979. The van der Waals surface area contributed by atoms with E-state index in [0.29, 0.717) is 12.0 Å². The molecule has 72 valence electrons. The van der Waals surface area contributed by atoms with Crippen LogP contribution in [-0.2, 0) is 6.42 Å². The molecule has 0 unspecified atom stereocenters. The average Bonchev–Trinajstić information content (AvgIpc) is 2.12. The summed E-state index contributed by atoms with van der Waals surface area (Å²) in [5.41, 5.74) is 0.591. The van der Waals surface area contributed by atoms with Crippen LogP contribution in [0.25, 0.3) is 0 Å². The van der Waals surface area contributed by atoms with Gasteiger partial charge in [0, 0.05) is 10.2 Å². The summed E-state index contributed by atoms with van der Waals surface area (Å²) in [4.78, 5) is 0. The summed E-state index contributed by atoms with van der Waals surface area (Å²) in [6.07, 6.45) is 2.60. The number of halogens is 2.